The van der Waals surface area contributed by atoms with Gasteiger partial charge in [-0.25, -0.2) is 0 Å². The van der Waals surface area contributed by atoms with Gasteiger partial charge in [0.25, 0.3) is 17.5 Å². The molecular formula is C25H21N3O5. The lowest BCUT2D eigenvalue weighted by Gasteiger charge is -2.26. The number of hydrogen-bond donors (Lipinski definition) is 1. The number of nitro groups is 1. The fourth-order valence-corrected chi connectivity index (χ4v) is 3.86. The highest BCUT2D eigenvalue weighted by molar-refractivity contribution is 6.23. The van der Waals surface area contributed by atoms with Crippen LogP contribution in [0.1, 0.15) is 37.4 Å². The van der Waals surface area contributed by atoms with Crippen LogP contribution >= 0.6 is 0 Å². The van der Waals surface area contributed by atoms with Crippen molar-refractivity contribution in [2.45, 2.75) is 26.3 Å². The number of nitrogens with one attached hydrogen (secondary N) is 1. The van der Waals surface area contributed by atoms with Crippen LogP contribution in [-0.4, -0.2) is 33.6 Å². The van der Waals surface area contributed by atoms with E-state index >= 15 is 0 Å². The van der Waals surface area contributed by atoms with E-state index in [4.69, 9.17) is 0 Å². The van der Waals surface area contributed by atoms with Crippen molar-refractivity contribution < 1.29 is 19.3 Å². The minimum atomic E-state index is -1.14. The van der Waals surface area contributed by atoms with Gasteiger partial charge in [0.15, 0.2) is 0 Å². The Bertz CT molecular complexity index is 1250. The average molecular weight is 443 g/mol. The number of rotatable bonds is 6. The van der Waals surface area contributed by atoms with Gasteiger partial charge in [0, 0.05) is 24.2 Å². The van der Waals surface area contributed by atoms with Crippen molar-refractivity contribution in [3.05, 3.63) is 105 Å². The van der Waals surface area contributed by atoms with Crippen LogP contribution in [0.25, 0.3) is 0 Å². The van der Waals surface area contributed by atoms with Crippen molar-refractivity contribution in [3.8, 4) is 0 Å². The second kappa shape index (κ2) is 8.66. The number of carbonyl (C=O) groups excluding carboxylic acids is 3. The van der Waals surface area contributed by atoms with Gasteiger partial charge < -0.3 is 5.32 Å². The molecule has 3 aromatic carbocycles. The second-order valence-electron chi connectivity index (χ2n) is 7.98. The van der Waals surface area contributed by atoms with E-state index in [0.29, 0.717) is 11.3 Å². The molecule has 4 rings (SSSR count). The summed E-state index contributed by atoms with van der Waals surface area (Å²) in [6.45, 7) is 3.75. The summed E-state index contributed by atoms with van der Waals surface area (Å²) in [5.41, 5.74) is 3.36. The predicted molar refractivity (Wildman–Crippen MR) is 122 cm³/mol. The largest absolute Gasteiger partial charge is 0.324 e. The molecule has 0 saturated carbocycles. The zero-order chi connectivity index (χ0) is 23.7. The zero-order valence-electron chi connectivity index (χ0n) is 18.1. The Labute approximate surface area is 190 Å². The molecule has 8 heteroatoms. The third-order valence-corrected chi connectivity index (χ3v) is 5.67. The smallest absolute Gasteiger partial charge is 0.269 e. The summed E-state index contributed by atoms with van der Waals surface area (Å²) in [6.07, 6.45) is 0.0140. The normalized spacial score (nSPS) is 13.6. The molecule has 0 aromatic heterocycles. The van der Waals surface area contributed by atoms with Gasteiger partial charge in [0.2, 0.25) is 5.91 Å². The minimum absolute atomic E-state index is 0.0140. The second-order valence-corrected chi connectivity index (χ2v) is 7.98. The van der Waals surface area contributed by atoms with Crippen LogP contribution in [0.4, 0.5) is 11.4 Å². The van der Waals surface area contributed by atoms with Crippen LogP contribution in [-0.2, 0) is 11.2 Å². The van der Waals surface area contributed by atoms with E-state index in [1.54, 1.807) is 24.3 Å². The van der Waals surface area contributed by atoms with Crippen molar-refractivity contribution in [1.82, 2.24) is 4.90 Å². The van der Waals surface area contributed by atoms with Crippen molar-refractivity contribution in [3.63, 3.8) is 0 Å². The van der Waals surface area contributed by atoms with E-state index in [2.05, 4.69) is 5.32 Å². The monoisotopic (exact) mass is 443 g/mol. The average Bonchev–Trinajstić information content (AvgIpc) is 3.05. The fraction of sp³-hybridized carbons (Fsp3) is 0.160. The van der Waals surface area contributed by atoms with Gasteiger partial charge in [-0.15, -0.1) is 0 Å². The maximum atomic E-state index is 13.4. The molecule has 0 saturated heterocycles. The molecule has 0 fully saturated rings. The number of hydrogen-bond acceptors (Lipinski definition) is 5. The zero-order valence-corrected chi connectivity index (χ0v) is 18.1. The molecule has 33 heavy (non-hydrogen) atoms. The molecule has 0 bridgehead atoms. The third kappa shape index (κ3) is 4.23. The molecule has 0 radical (unpaired) electrons. The highest BCUT2D eigenvalue weighted by Gasteiger charge is 2.42. The first-order valence-electron chi connectivity index (χ1n) is 10.3. The fourth-order valence-electron chi connectivity index (χ4n) is 3.86. The molecule has 166 valence electrons. The van der Waals surface area contributed by atoms with E-state index in [0.717, 1.165) is 16.0 Å². The number of fused-ring (bicyclic) bond motifs is 1. The molecule has 1 unspecified atom stereocenters. The lowest BCUT2D eigenvalue weighted by Crippen LogP contribution is -2.48. The van der Waals surface area contributed by atoms with E-state index in [9.17, 15) is 24.5 Å². The molecule has 1 N–H and O–H groups in total. The quantitative estimate of drug-likeness (QED) is 0.351. The Morgan fingerprint density at radius 2 is 1.58 bits per heavy atom. The van der Waals surface area contributed by atoms with Crippen LogP contribution in [0.5, 0.6) is 0 Å². The number of imide groups is 1. The summed E-state index contributed by atoms with van der Waals surface area (Å²) >= 11 is 0. The van der Waals surface area contributed by atoms with Gasteiger partial charge in [-0.3, -0.25) is 29.4 Å². The van der Waals surface area contributed by atoms with Crippen LogP contribution in [0.15, 0.2) is 66.7 Å². The van der Waals surface area contributed by atoms with Crippen molar-refractivity contribution in [2.24, 2.45) is 0 Å². The first kappa shape index (κ1) is 21.9. The van der Waals surface area contributed by atoms with Crippen molar-refractivity contribution >= 4 is 29.1 Å². The highest BCUT2D eigenvalue weighted by Crippen LogP contribution is 2.27. The molecular weight excluding hydrogens is 422 g/mol. The number of nitro benzene ring substituents is 1. The number of anilines is 1. The van der Waals surface area contributed by atoms with Crippen LogP contribution in [0.2, 0.25) is 0 Å². The number of nitrogens with zero attached hydrogens (tertiary/aromatic N) is 2. The first-order valence-corrected chi connectivity index (χ1v) is 10.3. The molecule has 0 aliphatic carbocycles. The van der Waals surface area contributed by atoms with Gasteiger partial charge in [0.1, 0.15) is 6.04 Å². The molecule has 3 aromatic rings. The predicted octanol–water partition coefficient (Wildman–Crippen LogP) is 4.06. The summed E-state index contributed by atoms with van der Waals surface area (Å²) in [5.74, 6) is -1.60. The Morgan fingerprint density at radius 1 is 0.970 bits per heavy atom. The molecule has 0 spiro atoms. The van der Waals surface area contributed by atoms with Crippen molar-refractivity contribution in [2.75, 3.05) is 5.32 Å². The first-order chi connectivity index (χ1) is 15.8. The number of amides is 3. The third-order valence-electron chi connectivity index (χ3n) is 5.67. The van der Waals surface area contributed by atoms with E-state index < -0.39 is 28.7 Å². The highest BCUT2D eigenvalue weighted by atomic mass is 16.6. The minimum Gasteiger partial charge on any atom is -0.324 e. The van der Waals surface area contributed by atoms with Crippen LogP contribution in [0.3, 0.4) is 0 Å². The summed E-state index contributed by atoms with van der Waals surface area (Å²) < 4.78 is 0. The number of benzene rings is 3. The summed E-state index contributed by atoms with van der Waals surface area (Å²) in [6, 6.07) is 16.6. The maximum absolute atomic E-state index is 13.4. The number of aryl methyl sites for hydroxylation is 2. The van der Waals surface area contributed by atoms with Crippen molar-refractivity contribution in [1.29, 1.82) is 0 Å². The van der Waals surface area contributed by atoms with Gasteiger partial charge in [-0.05, 0) is 48.7 Å². The molecule has 8 nitrogen and oxygen atoms in total. The Balaban J connectivity index is 1.70. The summed E-state index contributed by atoms with van der Waals surface area (Å²) in [4.78, 5) is 51.0. The molecule has 1 atom stereocenters. The Kier molecular flexibility index (Phi) is 5.74. The number of carbonyl (C=O) groups is 3. The van der Waals surface area contributed by atoms with E-state index in [1.165, 1.54) is 24.3 Å². The summed E-state index contributed by atoms with van der Waals surface area (Å²) in [7, 11) is 0. The molecule has 1 aliphatic rings. The standard InChI is InChI=1S/C25H21N3O5/c1-15-7-8-16(2)21(13-15)26-23(29)22(14-17-9-11-18(12-10-17)28(32)33)27-24(30)19-5-3-4-6-20(19)25(27)31/h3-13,22H,14H2,1-2H3,(H,26,29). The number of non-ortho nitro benzene ring substituents is 1. The molecule has 1 heterocycles. The lowest BCUT2D eigenvalue weighted by atomic mass is 10.0. The van der Waals surface area contributed by atoms with Gasteiger partial charge in [-0.1, -0.05) is 36.4 Å². The molecule has 3 amide bonds. The van der Waals surface area contributed by atoms with Crippen LogP contribution < -0.4 is 5.32 Å². The Hall–Kier alpha value is -4.33. The summed E-state index contributed by atoms with van der Waals surface area (Å²) in [5, 5.41) is 13.8. The lowest BCUT2D eigenvalue weighted by molar-refractivity contribution is -0.384. The molecule has 1 aliphatic heterocycles. The SMILES string of the molecule is Cc1ccc(C)c(NC(=O)C(Cc2ccc([N+](=O)[O-])cc2)N2C(=O)c3ccccc3C2=O)c1. The van der Waals surface area contributed by atoms with E-state index in [1.807, 2.05) is 32.0 Å². The van der Waals surface area contributed by atoms with Crippen LogP contribution in [0, 0.1) is 24.0 Å². The van der Waals surface area contributed by atoms with Gasteiger partial charge in [0.05, 0.1) is 16.1 Å². The Morgan fingerprint density at radius 3 is 2.15 bits per heavy atom. The topological polar surface area (TPSA) is 110 Å². The van der Waals surface area contributed by atoms with Gasteiger partial charge >= 0.3 is 0 Å². The van der Waals surface area contributed by atoms with Gasteiger partial charge in [-0.2, -0.15) is 0 Å². The maximum Gasteiger partial charge on any atom is 0.269 e. The van der Waals surface area contributed by atoms with E-state index in [-0.39, 0.29) is 23.2 Å².